The van der Waals surface area contributed by atoms with Gasteiger partial charge in [0.15, 0.2) is 5.13 Å². The highest BCUT2D eigenvalue weighted by Gasteiger charge is 2.29. The maximum absolute atomic E-state index is 12.8. The van der Waals surface area contributed by atoms with Crippen molar-refractivity contribution in [3.05, 3.63) is 39.4 Å². The van der Waals surface area contributed by atoms with Crippen molar-refractivity contribution >= 4 is 45.6 Å². The first-order valence-corrected chi connectivity index (χ1v) is 11.2. The first kappa shape index (κ1) is 20.2. The molecule has 2 aromatic rings. The second-order valence-electron chi connectivity index (χ2n) is 7.75. The van der Waals surface area contributed by atoms with Crippen LogP contribution < -0.4 is 10.2 Å². The molecule has 1 aliphatic carbocycles. The third-order valence-corrected chi connectivity index (χ3v) is 7.16. The Kier molecular flexibility index (Phi) is 5.79. The number of nitrogens with one attached hydrogen (secondary N) is 1. The number of thiazole rings is 1. The number of anilines is 2. The van der Waals surface area contributed by atoms with Gasteiger partial charge in [0, 0.05) is 54.6 Å². The normalized spacial score (nSPS) is 19.1. The molecule has 2 heterocycles. The largest absolute Gasteiger partial charge is 0.345 e. The fraction of sp³-hybridized carbons (Fsp3) is 0.476. The van der Waals surface area contributed by atoms with Crippen LogP contribution in [-0.4, -0.2) is 47.9 Å². The molecule has 0 bridgehead atoms. The lowest BCUT2D eigenvalue weighted by molar-refractivity contribution is -0.129. The van der Waals surface area contributed by atoms with Crippen LogP contribution in [0.1, 0.15) is 29.5 Å². The molecule has 1 aliphatic heterocycles. The molecule has 1 saturated heterocycles. The van der Waals surface area contributed by atoms with Gasteiger partial charge in [-0.1, -0.05) is 11.6 Å². The first-order chi connectivity index (χ1) is 13.9. The van der Waals surface area contributed by atoms with E-state index < -0.39 is 0 Å². The molecule has 2 aliphatic rings. The third kappa shape index (κ3) is 4.41. The maximum atomic E-state index is 12.8. The number of aryl methyl sites for hydroxylation is 2. The van der Waals surface area contributed by atoms with E-state index in [2.05, 4.69) is 10.2 Å². The maximum Gasteiger partial charge on any atom is 0.227 e. The Balaban J connectivity index is 1.40. The van der Waals surface area contributed by atoms with Crippen LogP contribution in [0.4, 0.5) is 10.8 Å². The van der Waals surface area contributed by atoms with Gasteiger partial charge in [0.1, 0.15) is 0 Å². The van der Waals surface area contributed by atoms with Crippen molar-refractivity contribution < 1.29 is 9.59 Å². The molecule has 1 aromatic carbocycles. The lowest BCUT2D eigenvalue weighted by atomic mass is 9.90. The van der Waals surface area contributed by atoms with Crippen molar-refractivity contribution in [2.45, 2.75) is 33.1 Å². The minimum absolute atomic E-state index is 0.0413. The molecule has 0 saturated carbocycles. The molecule has 0 spiro atoms. The van der Waals surface area contributed by atoms with Gasteiger partial charge in [0.25, 0.3) is 0 Å². The summed E-state index contributed by atoms with van der Waals surface area (Å²) in [6.45, 7) is 6.67. The summed E-state index contributed by atoms with van der Waals surface area (Å²) in [7, 11) is 0. The Labute approximate surface area is 179 Å². The van der Waals surface area contributed by atoms with E-state index in [-0.39, 0.29) is 17.7 Å². The number of piperazine rings is 1. The standard InChI is InChI=1S/C21H25ClN4O2S/c1-13-11-16(22)4-6-17(13)23-20(28)15-3-5-18-19(12-15)29-21(24-18)26-9-7-25(8-10-26)14(2)27/h4,6,11,15H,3,5,7-10,12H2,1-2H3,(H,23,28)/t15-/m0/s1. The fourth-order valence-electron chi connectivity index (χ4n) is 3.94. The van der Waals surface area contributed by atoms with E-state index in [0.29, 0.717) is 5.02 Å². The van der Waals surface area contributed by atoms with Crippen LogP contribution in [0.3, 0.4) is 0 Å². The molecule has 1 N–H and O–H groups in total. The number of carbonyl (C=O) groups excluding carboxylic acids is 2. The number of halogens is 1. The van der Waals surface area contributed by atoms with Gasteiger partial charge in [-0.05, 0) is 49.9 Å². The average molecular weight is 433 g/mol. The number of amides is 2. The fourth-order valence-corrected chi connectivity index (χ4v) is 5.40. The van der Waals surface area contributed by atoms with Crippen molar-refractivity contribution in [3.8, 4) is 0 Å². The molecular formula is C21H25ClN4O2S. The van der Waals surface area contributed by atoms with E-state index in [9.17, 15) is 9.59 Å². The van der Waals surface area contributed by atoms with E-state index in [1.165, 1.54) is 4.88 Å². The second kappa shape index (κ2) is 8.32. The van der Waals surface area contributed by atoms with Gasteiger partial charge in [0.2, 0.25) is 11.8 Å². The molecule has 4 rings (SSSR count). The highest BCUT2D eigenvalue weighted by atomic mass is 35.5. The number of hydrogen-bond acceptors (Lipinski definition) is 5. The second-order valence-corrected chi connectivity index (χ2v) is 9.25. The number of aromatic nitrogens is 1. The zero-order chi connectivity index (χ0) is 20.5. The number of hydrogen-bond donors (Lipinski definition) is 1. The topological polar surface area (TPSA) is 65.5 Å². The molecule has 1 atom stereocenters. The van der Waals surface area contributed by atoms with Gasteiger partial charge in [-0.2, -0.15) is 0 Å². The van der Waals surface area contributed by atoms with Crippen molar-refractivity contribution in [2.24, 2.45) is 5.92 Å². The van der Waals surface area contributed by atoms with Crippen LogP contribution >= 0.6 is 22.9 Å². The van der Waals surface area contributed by atoms with Crippen LogP contribution in [-0.2, 0) is 22.4 Å². The minimum Gasteiger partial charge on any atom is -0.345 e. The summed E-state index contributed by atoms with van der Waals surface area (Å²) in [5, 5.41) is 4.75. The van der Waals surface area contributed by atoms with Crippen LogP contribution in [0.5, 0.6) is 0 Å². The van der Waals surface area contributed by atoms with E-state index in [1.54, 1.807) is 24.3 Å². The van der Waals surface area contributed by atoms with Gasteiger partial charge in [-0.25, -0.2) is 4.98 Å². The Morgan fingerprint density at radius 3 is 2.69 bits per heavy atom. The van der Waals surface area contributed by atoms with E-state index in [1.807, 2.05) is 24.0 Å². The van der Waals surface area contributed by atoms with Crippen molar-refractivity contribution in [1.29, 1.82) is 0 Å². The van der Waals surface area contributed by atoms with Crippen molar-refractivity contribution in [2.75, 3.05) is 36.4 Å². The smallest absolute Gasteiger partial charge is 0.227 e. The zero-order valence-electron chi connectivity index (χ0n) is 16.7. The van der Waals surface area contributed by atoms with E-state index in [0.717, 1.165) is 67.5 Å². The Morgan fingerprint density at radius 1 is 1.24 bits per heavy atom. The van der Waals surface area contributed by atoms with Crippen LogP contribution in [0.15, 0.2) is 18.2 Å². The Bertz CT molecular complexity index is 937. The summed E-state index contributed by atoms with van der Waals surface area (Å²) in [5.41, 5.74) is 2.91. The highest BCUT2D eigenvalue weighted by molar-refractivity contribution is 7.15. The number of carbonyl (C=O) groups is 2. The Hall–Kier alpha value is -2.12. The molecule has 1 aromatic heterocycles. The van der Waals surface area contributed by atoms with E-state index >= 15 is 0 Å². The predicted octanol–water partition coefficient (Wildman–Crippen LogP) is 3.52. The molecule has 6 nitrogen and oxygen atoms in total. The number of fused-ring (bicyclic) bond motifs is 1. The molecule has 0 radical (unpaired) electrons. The molecule has 1 fully saturated rings. The quantitative estimate of drug-likeness (QED) is 0.805. The first-order valence-electron chi connectivity index (χ1n) is 9.97. The summed E-state index contributed by atoms with van der Waals surface area (Å²) in [5.74, 6) is 0.152. The Morgan fingerprint density at radius 2 is 2.00 bits per heavy atom. The van der Waals surface area contributed by atoms with Crippen LogP contribution in [0.2, 0.25) is 5.02 Å². The van der Waals surface area contributed by atoms with Crippen LogP contribution in [0, 0.1) is 12.8 Å². The lowest BCUT2D eigenvalue weighted by Crippen LogP contribution is -2.48. The lowest BCUT2D eigenvalue weighted by Gasteiger charge is -2.33. The monoisotopic (exact) mass is 432 g/mol. The minimum atomic E-state index is -0.0413. The predicted molar refractivity (Wildman–Crippen MR) is 117 cm³/mol. The molecule has 29 heavy (non-hydrogen) atoms. The van der Waals surface area contributed by atoms with Crippen molar-refractivity contribution in [3.63, 3.8) is 0 Å². The summed E-state index contributed by atoms with van der Waals surface area (Å²) in [6, 6.07) is 5.51. The van der Waals surface area contributed by atoms with Gasteiger partial charge in [0.05, 0.1) is 5.69 Å². The number of benzene rings is 1. The van der Waals surface area contributed by atoms with E-state index in [4.69, 9.17) is 16.6 Å². The third-order valence-electron chi connectivity index (χ3n) is 5.74. The summed E-state index contributed by atoms with van der Waals surface area (Å²) >= 11 is 7.70. The van der Waals surface area contributed by atoms with Gasteiger partial charge >= 0.3 is 0 Å². The molecule has 0 unspecified atom stereocenters. The molecular weight excluding hydrogens is 408 g/mol. The summed E-state index contributed by atoms with van der Waals surface area (Å²) in [4.78, 5) is 34.5. The number of rotatable bonds is 3. The molecule has 2 amide bonds. The summed E-state index contributed by atoms with van der Waals surface area (Å²) < 4.78 is 0. The molecule has 8 heteroatoms. The molecule has 154 valence electrons. The summed E-state index contributed by atoms with van der Waals surface area (Å²) in [6.07, 6.45) is 2.38. The highest BCUT2D eigenvalue weighted by Crippen LogP contribution is 2.35. The van der Waals surface area contributed by atoms with Crippen LogP contribution in [0.25, 0.3) is 0 Å². The number of nitrogens with zero attached hydrogens (tertiary/aromatic N) is 3. The average Bonchev–Trinajstić information content (AvgIpc) is 3.13. The van der Waals surface area contributed by atoms with Gasteiger partial charge in [-0.15, -0.1) is 11.3 Å². The van der Waals surface area contributed by atoms with Gasteiger partial charge < -0.3 is 15.1 Å². The SMILES string of the molecule is CC(=O)N1CCN(c2nc3c(s2)C[C@@H](C(=O)Nc2ccc(Cl)cc2C)CC3)CC1. The van der Waals surface area contributed by atoms with Crippen molar-refractivity contribution in [1.82, 2.24) is 9.88 Å². The zero-order valence-corrected chi connectivity index (χ0v) is 18.3. The van der Waals surface area contributed by atoms with Gasteiger partial charge in [-0.3, -0.25) is 9.59 Å².